The topological polar surface area (TPSA) is 58.6 Å². The van der Waals surface area contributed by atoms with Crippen LogP contribution in [0.4, 0.5) is 0 Å². The summed E-state index contributed by atoms with van der Waals surface area (Å²) in [6.45, 7) is 6.50. The van der Waals surface area contributed by atoms with Crippen LogP contribution in [0.25, 0.3) is 0 Å². The van der Waals surface area contributed by atoms with Gasteiger partial charge in [-0.3, -0.25) is 14.5 Å². The Morgan fingerprint density at radius 3 is 2.47 bits per heavy atom. The Morgan fingerprint density at radius 1 is 1.35 bits per heavy atom. The summed E-state index contributed by atoms with van der Waals surface area (Å²) >= 11 is 0. The number of nitrogens with one attached hydrogen (secondary N) is 1. The Hall–Kier alpha value is -1.10. The van der Waals surface area contributed by atoms with E-state index in [2.05, 4.69) is 5.32 Å². The first-order chi connectivity index (χ1) is 8.02. The number of esters is 1. The summed E-state index contributed by atoms with van der Waals surface area (Å²) in [4.78, 5) is 24.9. The average Bonchev–Trinajstić information content (AvgIpc) is 2.98. The van der Waals surface area contributed by atoms with Gasteiger partial charge in [-0.2, -0.15) is 0 Å². The zero-order chi connectivity index (χ0) is 12.8. The summed E-state index contributed by atoms with van der Waals surface area (Å²) in [7, 11) is 0. The van der Waals surface area contributed by atoms with E-state index in [4.69, 9.17) is 4.74 Å². The molecule has 1 aliphatic carbocycles. The molecule has 0 bridgehead atoms. The molecule has 0 saturated heterocycles. The van der Waals surface area contributed by atoms with Gasteiger partial charge in [-0.1, -0.05) is 0 Å². The highest BCUT2D eigenvalue weighted by atomic mass is 16.5. The third-order valence-electron chi connectivity index (χ3n) is 2.50. The molecule has 0 radical (unpaired) electrons. The Morgan fingerprint density at radius 2 is 2.00 bits per heavy atom. The van der Waals surface area contributed by atoms with Crippen molar-refractivity contribution in [2.45, 2.75) is 45.7 Å². The first kappa shape index (κ1) is 14.0. The van der Waals surface area contributed by atoms with Crippen molar-refractivity contribution in [3.63, 3.8) is 0 Å². The van der Waals surface area contributed by atoms with E-state index >= 15 is 0 Å². The molecule has 17 heavy (non-hydrogen) atoms. The van der Waals surface area contributed by atoms with Crippen molar-refractivity contribution >= 4 is 11.9 Å². The minimum Gasteiger partial charge on any atom is -0.465 e. The lowest BCUT2D eigenvalue weighted by Gasteiger charge is -2.20. The average molecular weight is 242 g/mol. The van der Waals surface area contributed by atoms with E-state index in [1.54, 1.807) is 6.92 Å². The third kappa shape index (κ3) is 5.68. The molecule has 0 heterocycles. The molecular formula is C12H22N2O3. The first-order valence-electron chi connectivity index (χ1n) is 6.22. The maximum Gasteiger partial charge on any atom is 0.320 e. The lowest BCUT2D eigenvalue weighted by atomic mass is 10.3. The van der Waals surface area contributed by atoms with Crippen molar-refractivity contribution in [2.75, 3.05) is 19.7 Å². The Bertz CT molecular complexity index is 275. The van der Waals surface area contributed by atoms with E-state index < -0.39 is 0 Å². The van der Waals surface area contributed by atoms with Gasteiger partial charge in [0.1, 0.15) is 0 Å². The molecule has 0 aromatic heterocycles. The van der Waals surface area contributed by atoms with Crippen LogP contribution in [0.5, 0.6) is 0 Å². The summed E-state index contributed by atoms with van der Waals surface area (Å²) in [5.41, 5.74) is 0. The van der Waals surface area contributed by atoms with Gasteiger partial charge in [0.15, 0.2) is 0 Å². The Balaban J connectivity index is 2.38. The molecular weight excluding hydrogens is 220 g/mol. The van der Waals surface area contributed by atoms with Crippen LogP contribution in [0.15, 0.2) is 0 Å². The number of ether oxygens (including phenoxy) is 1. The van der Waals surface area contributed by atoms with E-state index in [9.17, 15) is 9.59 Å². The maximum absolute atomic E-state index is 11.6. The molecule has 0 spiro atoms. The van der Waals surface area contributed by atoms with Gasteiger partial charge >= 0.3 is 5.97 Å². The lowest BCUT2D eigenvalue weighted by molar-refractivity contribution is -0.144. The molecule has 1 fully saturated rings. The van der Waals surface area contributed by atoms with Gasteiger partial charge in [0.2, 0.25) is 5.91 Å². The van der Waals surface area contributed by atoms with Crippen molar-refractivity contribution in [1.29, 1.82) is 0 Å². The molecule has 1 rings (SSSR count). The first-order valence-corrected chi connectivity index (χ1v) is 6.22. The van der Waals surface area contributed by atoms with Crippen molar-refractivity contribution < 1.29 is 14.3 Å². The molecule has 1 aliphatic rings. The van der Waals surface area contributed by atoms with Gasteiger partial charge in [0.25, 0.3) is 0 Å². The Kier molecular flexibility index (Phi) is 5.41. The van der Waals surface area contributed by atoms with Gasteiger partial charge < -0.3 is 10.1 Å². The molecule has 1 amide bonds. The van der Waals surface area contributed by atoms with E-state index in [1.165, 1.54) is 0 Å². The van der Waals surface area contributed by atoms with E-state index in [0.29, 0.717) is 12.6 Å². The van der Waals surface area contributed by atoms with E-state index in [0.717, 1.165) is 12.8 Å². The summed E-state index contributed by atoms with van der Waals surface area (Å²) in [6, 6.07) is 0.503. The van der Waals surface area contributed by atoms with Crippen LogP contribution in [-0.2, 0) is 14.3 Å². The van der Waals surface area contributed by atoms with Gasteiger partial charge in [-0.15, -0.1) is 0 Å². The van der Waals surface area contributed by atoms with E-state index in [-0.39, 0.29) is 31.0 Å². The highest BCUT2D eigenvalue weighted by molar-refractivity contribution is 5.79. The molecule has 0 atom stereocenters. The number of hydrogen-bond donors (Lipinski definition) is 1. The second-order valence-electron chi connectivity index (χ2n) is 4.66. The van der Waals surface area contributed by atoms with Crippen LogP contribution in [0.2, 0.25) is 0 Å². The minimum atomic E-state index is -0.253. The standard InChI is InChI=1S/C12H22N2O3/c1-4-17-12(16)8-14(10-5-6-10)7-11(15)13-9(2)3/h9-10H,4-8H2,1-3H3,(H,13,15). The predicted molar refractivity (Wildman–Crippen MR) is 64.5 cm³/mol. The van der Waals surface area contributed by atoms with Crippen LogP contribution in [0, 0.1) is 0 Å². The van der Waals surface area contributed by atoms with Gasteiger partial charge in [-0.25, -0.2) is 0 Å². The predicted octanol–water partition coefficient (Wildman–Crippen LogP) is 0.539. The number of amides is 1. The van der Waals surface area contributed by atoms with Gasteiger partial charge in [0, 0.05) is 12.1 Å². The van der Waals surface area contributed by atoms with Gasteiger partial charge in [-0.05, 0) is 33.6 Å². The largest absolute Gasteiger partial charge is 0.465 e. The van der Waals surface area contributed by atoms with Crippen molar-refractivity contribution in [3.05, 3.63) is 0 Å². The molecule has 98 valence electrons. The molecule has 1 saturated carbocycles. The summed E-state index contributed by atoms with van der Waals surface area (Å²) in [5, 5.41) is 2.83. The highest BCUT2D eigenvalue weighted by Crippen LogP contribution is 2.26. The molecule has 0 aliphatic heterocycles. The number of hydrogen-bond acceptors (Lipinski definition) is 4. The molecule has 5 heteroatoms. The monoisotopic (exact) mass is 242 g/mol. The number of rotatable bonds is 7. The zero-order valence-corrected chi connectivity index (χ0v) is 10.9. The molecule has 0 unspecified atom stereocenters. The van der Waals surface area contributed by atoms with Crippen LogP contribution >= 0.6 is 0 Å². The van der Waals surface area contributed by atoms with Gasteiger partial charge in [0.05, 0.1) is 19.7 Å². The van der Waals surface area contributed by atoms with Crippen molar-refractivity contribution in [1.82, 2.24) is 10.2 Å². The molecule has 0 aromatic carbocycles. The van der Waals surface area contributed by atoms with E-state index in [1.807, 2.05) is 18.7 Å². The molecule has 0 aromatic rings. The molecule has 1 N–H and O–H groups in total. The minimum absolute atomic E-state index is 0.0313. The number of carbonyl (C=O) groups is 2. The summed E-state index contributed by atoms with van der Waals surface area (Å²) in [5.74, 6) is -0.284. The van der Waals surface area contributed by atoms with Crippen LogP contribution in [0.3, 0.4) is 0 Å². The fourth-order valence-corrected chi connectivity index (χ4v) is 1.68. The Labute approximate surface area is 102 Å². The lowest BCUT2D eigenvalue weighted by Crippen LogP contribution is -2.43. The normalized spacial score (nSPS) is 15.1. The molecule has 5 nitrogen and oxygen atoms in total. The second kappa shape index (κ2) is 6.59. The van der Waals surface area contributed by atoms with Crippen molar-refractivity contribution in [2.24, 2.45) is 0 Å². The smallest absolute Gasteiger partial charge is 0.320 e. The van der Waals surface area contributed by atoms with Crippen LogP contribution in [0.1, 0.15) is 33.6 Å². The SMILES string of the molecule is CCOC(=O)CN(CC(=O)NC(C)C)C1CC1. The number of carbonyl (C=O) groups excluding carboxylic acids is 2. The second-order valence-corrected chi connectivity index (χ2v) is 4.66. The fraction of sp³-hybridized carbons (Fsp3) is 0.833. The van der Waals surface area contributed by atoms with Crippen molar-refractivity contribution in [3.8, 4) is 0 Å². The summed E-state index contributed by atoms with van der Waals surface area (Å²) in [6.07, 6.45) is 2.13. The third-order valence-corrected chi connectivity index (χ3v) is 2.50. The quantitative estimate of drug-likeness (QED) is 0.662. The maximum atomic E-state index is 11.6. The summed E-state index contributed by atoms with van der Waals surface area (Å²) < 4.78 is 4.90. The fourth-order valence-electron chi connectivity index (χ4n) is 1.68. The van der Waals surface area contributed by atoms with Crippen LogP contribution in [-0.4, -0.2) is 48.6 Å². The highest BCUT2D eigenvalue weighted by Gasteiger charge is 2.31. The number of nitrogens with zero attached hydrogens (tertiary/aromatic N) is 1. The zero-order valence-electron chi connectivity index (χ0n) is 10.9. The van der Waals surface area contributed by atoms with Crippen LogP contribution < -0.4 is 5.32 Å².